The number of rotatable bonds is 3. The summed E-state index contributed by atoms with van der Waals surface area (Å²) in [5, 5.41) is 4.41. The van der Waals surface area contributed by atoms with Crippen molar-refractivity contribution in [3.63, 3.8) is 0 Å². The number of halogens is 4. The van der Waals surface area contributed by atoms with Crippen LogP contribution in [0.1, 0.15) is 10.4 Å². The third-order valence-electron chi connectivity index (χ3n) is 2.64. The van der Waals surface area contributed by atoms with Crippen LogP contribution in [0.4, 0.5) is 29.1 Å². The van der Waals surface area contributed by atoms with Crippen LogP contribution in [0.15, 0.2) is 24.4 Å². The summed E-state index contributed by atoms with van der Waals surface area (Å²) in [5.41, 5.74) is -1.23. The number of benzene rings is 1. The maximum absolute atomic E-state index is 13.5. The average Bonchev–Trinajstić information content (AvgIpc) is 2.49. The fourth-order valence-corrected chi connectivity index (χ4v) is 1.65. The Hall–Kier alpha value is -2.64. The Bertz CT molecular complexity index is 680. The van der Waals surface area contributed by atoms with Gasteiger partial charge in [0.1, 0.15) is 11.5 Å². The fraction of sp³-hybridized carbons (Fsp3) is 0.0769. The van der Waals surface area contributed by atoms with Gasteiger partial charge in [0.25, 0.3) is 5.91 Å². The van der Waals surface area contributed by atoms with E-state index in [0.717, 1.165) is 0 Å². The molecule has 0 spiro atoms. The summed E-state index contributed by atoms with van der Waals surface area (Å²) in [4.78, 5) is 15.8. The van der Waals surface area contributed by atoms with E-state index >= 15 is 0 Å². The predicted molar refractivity (Wildman–Crippen MR) is 68.0 cm³/mol. The molecule has 2 rings (SSSR count). The summed E-state index contributed by atoms with van der Waals surface area (Å²) >= 11 is 0. The molecule has 0 aliphatic rings. The Balaban J connectivity index is 2.41. The molecule has 1 amide bonds. The lowest BCUT2D eigenvalue weighted by atomic mass is 10.2. The minimum Gasteiger partial charge on any atom is -0.372 e. The number of aromatic nitrogens is 1. The molecule has 0 saturated carbocycles. The van der Waals surface area contributed by atoms with Crippen molar-refractivity contribution in [3.05, 3.63) is 53.2 Å². The molecule has 0 fully saturated rings. The van der Waals surface area contributed by atoms with Crippen molar-refractivity contribution in [3.8, 4) is 0 Å². The van der Waals surface area contributed by atoms with E-state index in [2.05, 4.69) is 10.3 Å². The Morgan fingerprint density at radius 2 is 1.76 bits per heavy atom. The van der Waals surface area contributed by atoms with Crippen molar-refractivity contribution < 1.29 is 22.4 Å². The van der Waals surface area contributed by atoms with Crippen molar-refractivity contribution in [2.24, 2.45) is 0 Å². The number of carbonyl (C=O) groups excluding carboxylic acids is 1. The lowest BCUT2D eigenvalue weighted by molar-refractivity contribution is 0.102. The number of nitrogens with zero attached hydrogens (tertiary/aromatic N) is 1. The lowest BCUT2D eigenvalue weighted by Crippen LogP contribution is -2.17. The van der Waals surface area contributed by atoms with Crippen LogP contribution in [0.25, 0.3) is 0 Å². The van der Waals surface area contributed by atoms with Gasteiger partial charge in [-0.3, -0.25) is 4.79 Å². The Labute approximate surface area is 116 Å². The molecule has 1 aromatic carbocycles. The van der Waals surface area contributed by atoms with Gasteiger partial charge in [0.2, 0.25) is 0 Å². The first kappa shape index (κ1) is 14.8. The summed E-state index contributed by atoms with van der Waals surface area (Å²) in [5.74, 6) is -7.40. The predicted octanol–water partition coefficient (Wildman–Crippen LogP) is 2.93. The zero-order chi connectivity index (χ0) is 15.6. The van der Waals surface area contributed by atoms with Crippen LogP contribution in [0, 0.1) is 23.3 Å². The highest BCUT2D eigenvalue weighted by Crippen LogP contribution is 2.25. The molecule has 0 bridgehead atoms. The van der Waals surface area contributed by atoms with Crippen LogP contribution < -0.4 is 10.6 Å². The first-order chi connectivity index (χ1) is 9.95. The zero-order valence-electron chi connectivity index (χ0n) is 10.7. The third kappa shape index (κ3) is 2.78. The van der Waals surface area contributed by atoms with Gasteiger partial charge in [0, 0.05) is 19.3 Å². The minimum absolute atomic E-state index is 0.0385. The first-order valence-electron chi connectivity index (χ1n) is 5.72. The van der Waals surface area contributed by atoms with Crippen molar-refractivity contribution in [2.45, 2.75) is 0 Å². The molecule has 0 saturated heterocycles. The second-order valence-corrected chi connectivity index (χ2v) is 3.95. The Morgan fingerprint density at radius 1 is 1.14 bits per heavy atom. The summed E-state index contributed by atoms with van der Waals surface area (Å²) in [6, 6.07) is 2.82. The number of pyridine rings is 1. The molecule has 21 heavy (non-hydrogen) atoms. The summed E-state index contributed by atoms with van der Waals surface area (Å²) in [7, 11) is 1.49. The van der Waals surface area contributed by atoms with Gasteiger partial charge in [-0.2, -0.15) is 0 Å². The summed E-state index contributed by atoms with van der Waals surface area (Å²) in [6.07, 6.45) is 1.39. The molecule has 0 unspecified atom stereocenters. The smallest absolute Gasteiger partial charge is 0.259 e. The number of anilines is 2. The average molecular weight is 299 g/mol. The van der Waals surface area contributed by atoms with E-state index in [-0.39, 0.29) is 17.4 Å². The first-order valence-corrected chi connectivity index (χ1v) is 5.72. The van der Waals surface area contributed by atoms with E-state index < -0.39 is 34.9 Å². The molecule has 2 N–H and O–H groups in total. The second kappa shape index (κ2) is 5.78. The fourth-order valence-electron chi connectivity index (χ4n) is 1.65. The van der Waals surface area contributed by atoms with Crippen LogP contribution in [0.5, 0.6) is 0 Å². The number of hydrogen-bond acceptors (Lipinski definition) is 3. The van der Waals surface area contributed by atoms with Gasteiger partial charge in [-0.15, -0.1) is 0 Å². The van der Waals surface area contributed by atoms with E-state index in [4.69, 9.17) is 0 Å². The summed E-state index contributed by atoms with van der Waals surface area (Å²) < 4.78 is 53.1. The normalized spacial score (nSPS) is 10.3. The third-order valence-corrected chi connectivity index (χ3v) is 2.64. The minimum atomic E-state index is -1.68. The molecule has 4 nitrogen and oxygen atoms in total. The van der Waals surface area contributed by atoms with E-state index in [1.807, 2.05) is 0 Å². The molecule has 0 atom stereocenters. The van der Waals surface area contributed by atoms with Crippen LogP contribution in [0.2, 0.25) is 0 Å². The Kier molecular flexibility index (Phi) is 4.06. The molecule has 1 aromatic heterocycles. The van der Waals surface area contributed by atoms with Crippen LogP contribution in [-0.2, 0) is 0 Å². The van der Waals surface area contributed by atoms with Gasteiger partial charge < -0.3 is 10.6 Å². The largest absolute Gasteiger partial charge is 0.372 e. The maximum atomic E-state index is 13.5. The second-order valence-electron chi connectivity index (χ2n) is 3.95. The molecular weight excluding hydrogens is 290 g/mol. The van der Waals surface area contributed by atoms with Gasteiger partial charge in [0.15, 0.2) is 23.3 Å². The molecular formula is C13H9F4N3O. The van der Waals surface area contributed by atoms with Gasteiger partial charge in [-0.1, -0.05) is 0 Å². The van der Waals surface area contributed by atoms with Gasteiger partial charge in [-0.05, 0) is 12.1 Å². The van der Waals surface area contributed by atoms with Crippen molar-refractivity contribution in [2.75, 3.05) is 17.7 Å². The number of hydrogen-bond donors (Lipinski definition) is 2. The lowest BCUT2D eigenvalue weighted by Gasteiger charge is -2.11. The van der Waals surface area contributed by atoms with Crippen LogP contribution in [0.3, 0.4) is 0 Å². The van der Waals surface area contributed by atoms with E-state index in [1.165, 1.54) is 25.4 Å². The van der Waals surface area contributed by atoms with Crippen LogP contribution >= 0.6 is 0 Å². The monoisotopic (exact) mass is 299 g/mol. The molecule has 1 heterocycles. The zero-order valence-corrected chi connectivity index (χ0v) is 10.7. The highest BCUT2D eigenvalue weighted by molar-refractivity contribution is 6.07. The Morgan fingerprint density at radius 3 is 2.33 bits per heavy atom. The number of nitrogens with one attached hydrogen (secondary N) is 2. The van der Waals surface area contributed by atoms with E-state index in [1.54, 1.807) is 5.32 Å². The SMILES string of the molecule is CNc1ncccc1C(=O)Nc1c(F)c(F)cc(F)c1F. The molecule has 2 aromatic rings. The molecule has 110 valence electrons. The molecule has 8 heteroatoms. The van der Waals surface area contributed by atoms with Crippen molar-refractivity contribution in [1.82, 2.24) is 4.98 Å². The summed E-state index contributed by atoms with van der Waals surface area (Å²) in [6.45, 7) is 0. The number of carbonyl (C=O) groups is 1. The highest BCUT2D eigenvalue weighted by atomic mass is 19.2. The highest BCUT2D eigenvalue weighted by Gasteiger charge is 2.22. The number of amides is 1. The standard InChI is InChI=1S/C13H9F4N3O/c1-18-12-6(3-2-4-19-12)13(21)20-11-9(16)7(14)5-8(15)10(11)17/h2-5H,1H3,(H,18,19)(H,20,21). The quantitative estimate of drug-likeness (QED) is 0.677. The van der Waals surface area contributed by atoms with Gasteiger partial charge in [0.05, 0.1) is 5.56 Å². The van der Waals surface area contributed by atoms with Crippen LogP contribution in [-0.4, -0.2) is 17.9 Å². The molecule has 0 radical (unpaired) electrons. The topological polar surface area (TPSA) is 54.0 Å². The van der Waals surface area contributed by atoms with Gasteiger partial charge >= 0.3 is 0 Å². The van der Waals surface area contributed by atoms with Crippen molar-refractivity contribution in [1.29, 1.82) is 0 Å². The molecule has 0 aliphatic carbocycles. The maximum Gasteiger partial charge on any atom is 0.259 e. The molecule has 0 aliphatic heterocycles. The van der Waals surface area contributed by atoms with E-state index in [0.29, 0.717) is 0 Å². The van der Waals surface area contributed by atoms with Crippen molar-refractivity contribution >= 4 is 17.4 Å². The van der Waals surface area contributed by atoms with E-state index in [9.17, 15) is 22.4 Å². The van der Waals surface area contributed by atoms with Gasteiger partial charge in [-0.25, -0.2) is 22.5 Å².